The van der Waals surface area contributed by atoms with Crippen LogP contribution in [0.15, 0.2) is 47.6 Å². The highest BCUT2D eigenvalue weighted by atomic mass is 35.5. The molecule has 1 aromatic heterocycles. The number of aryl methyl sites for hydroxylation is 2. The molecule has 0 saturated heterocycles. The zero-order valence-corrected chi connectivity index (χ0v) is 19.5. The molecule has 0 saturated carbocycles. The summed E-state index contributed by atoms with van der Waals surface area (Å²) in [5.74, 6) is -1.31. The Kier molecular flexibility index (Phi) is 7.22. The molecule has 9 heteroatoms. The van der Waals surface area contributed by atoms with E-state index in [9.17, 15) is 9.59 Å². The van der Waals surface area contributed by atoms with Gasteiger partial charge in [0.15, 0.2) is 0 Å². The van der Waals surface area contributed by atoms with Gasteiger partial charge >= 0.3 is 11.8 Å². The fourth-order valence-electron chi connectivity index (χ4n) is 3.26. The number of carbonyl (C=O) groups is 2. The maximum absolute atomic E-state index is 12.2. The summed E-state index contributed by atoms with van der Waals surface area (Å²) in [4.78, 5) is 24.4. The fourth-order valence-corrected chi connectivity index (χ4v) is 3.64. The summed E-state index contributed by atoms with van der Waals surface area (Å²) in [7, 11) is 1.48. The summed E-state index contributed by atoms with van der Waals surface area (Å²) in [5, 5.41) is 7.35. The van der Waals surface area contributed by atoms with E-state index in [2.05, 4.69) is 15.8 Å². The molecular weight excluding hydrogens is 451 g/mol. The van der Waals surface area contributed by atoms with Gasteiger partial charge < -0.3 is 14.6 Å². The van der Waals surface area contributed by atoms with E-state index in [0.717, 1.165) is 28.2 Å². The maximum atomic E-state index is 12.2. The van der Waals surface area contributed by atoms with Gasteiger partial charge in [0.1, 0.15) is 5.75 Å². The van der Waals surface area contributed by atoms with E-state index in [0.29, 0.717) is 21.5 Å². The van der Waals surface area contributed by atoms with Gasteiger partial charge in [-0.05, 0) is 56.7 Å². The largest absolute Gasteiger partial charge is 0.495 e. The number of hydrogen-bond acceptors (Lipinski definition) is 4. The fraction of sp³-hybridized carbons (Fsp3) is 0.174. The first-order valence-electron chi connectivity index (χ1n) is 9.65. The zero-order valence-electron chi connectivity index (χ0n) is 18.0. The van der Waals surface area contributed by atoms with Crippen molar-refractivity contribution in [2.45, 2.75) is 20.8 Å². The number of amides is 2. The molecule has 3 aromatic rings. The van der Waals surface area contributed by atoms with Gasteiger partial charge in [-0.2, -0.15) is 5.10 Å². The third-order valence-corrected chi connectivity index (χ3v) is 5.63. The summed E-state index contributed by atoms with van der Waals surface area (Å²) < 4.78 is 7.14. The minimum atomic E-state index is -0.906. The topological polar surface area (TPSA) is 84.7 Å². The van der Waals surface area contributed by atoms with Crippen LogP contribution in [0.3, 0.4) is 0 Å². The van der Waals surface area contributed by atoms with Crippen LogP contribution in [0.5, 0.6) is 5.75 Å². The predicted octanol–water partition coefficient (Wildman–Crippen LogP) is 4.81. The highest BCUT2D eigenvalue weighted by Crippen LogP contribution is 2.31. The first kappa shape index (κ1) is 23.4. The second kappa shape index (κ2) is 9.89. The van der Waals surface area contributed by atoms with E-state index in [-0.39, 0.29) is 0 Å². The predicted molar refractivity (Wildman–Crippen MR) is 127 cm³/mol. The summed E-state index contributed by atoms with van der Waals surface area (Å²) in [6.45, 7) is 5.68. The van der Waals surface area contributed by atoms with Crippen molar-refractivity contribution in [3.8, 4) is 11.4 Å². The SMILES string of the molecule is COc1ccc(C)cc1NC(=O)C(=O)N/N=C\c1cc(C)n(-c2cccc(Cl)c2Cl)c1C. The first-order chi connectivity index (χ1) is 15.2. The van der Waals surface area contributed by atoms with E-state index < -0.39 is 11.8 Å². The maximum Gasteiger partial charge on any atom is 0.329 e. The Hall–Kier alpha value is -3.29. The van der Waals surface area contributed by atoms with Crippen molar-refractivity contribution in [2.75, 3.05) is 12.4 Å². The van der Waals surface area contributed by atoms with Crippen molar-refractivity contribution in [2.24, 2.45) is 5.10 Å². The standard InChI is InChI=1S/C23H22Cl2N4O3/c1-13-8-9-20(32-4)18(10-13)27-22(30)23(31)28-26-12-16-11-14(2)29(15(16)3)19-7-5-6-17(24)21(19)25/h5-12H,1-4H3,(H,27,30)(H,28,31)/b26-12-. The molecule has 2 N–H and O–H groups in total. The Morgan fingerprint density at radius 3 is 2.53 bits per heavy atom. The summed E-state index contributed by atoms with van der Waals surface area (Å²) in [6, 6.07) is 12.5. The molecule has 3 rings (SSSR count). The molecule has 0 atom stereocenters. The van der Waals surface area contributed by atoms with Crippen LogP contribution in [0.2, 0.25) is 10.0 Å². The average molecular weight is 473 g/mol. The number of nitrogens with one attached hydrogen (secondary N) is 2. The molecular formula is C23H22Cl2N4O3. The third kappa shape index (κ3) is 4.95. The van der Waals surface area contributed by atoms with Gasteiger partial charge in [-0.25, -0.2) is 5.43 Å². The molecule has 0 unspecified atom stereocenters. The van der Waals surface area contributed by atoms with Gasteiger partial charge in [-0.1, -0.05) is 35.3 Å². The monoisotopic (exact) mass is 472 g/mol. The smallest absolute Gasteiger partial charge is 0.329 e. The van der Waals surface area contributed by atoms with Crippen LogP contribution in [0.25, 0.3) is 5.69 Å². The number of ether oxygens (including phenoxy) is 1. The van der Waals surface area contributed by atoms with E-state index in [1.807, 2.05) is 49.6 Å². The van der Waals surface area contributed by atoms with Crippen molar-refractivity contribution < 1.29 is 14.3 Å². The molecule has 0 fully saturated rings. The number of anilines is 1. The van der Waals surface area contributed by atoms with E-state index in [1.165, 1.54) is 13.3 Å². The molecule has 2 amide bonds. The van der Waals surface area contributed by atoms with Crippen molar-refractivity contribution in [1.82, 2.24) is 9.99 Å². The molecule has 2 aromatic carbocycles. The summed E-state index contributed by atoms with van der Waals surface area (Å²) in [5.41, 5.74) is 6.80. The lowest BCUT2D eigenvalue weighted by molar-refractivity contribution is -0.136. The zero-order chi connectivity index (χ0) is 23.4. The first-order valence-corrected chi connectivity index (χ1v) is 10.4. The van der Waals surface area contributed by atoms with Crippen LogP contribution in [0.4, 0.5) is 5.69 Å². The second-order valence-electron chi connectivity index (χ2n) is 7.09. The minimum absolute atomic E-state index is 0.401. The highest BCUT2D eigenvalue weighted by molar-refractivity contribution is 6.43. The summed E-state index contributed by atoms with van der Waals surface area (Å²) in [6.07, 6.45) is 1.47. The van der Waals surface area contributed by atoms with Gasteiger partial charge in [0, 0.05) is 17.0 Å². The Labute approximate surface area is 196 Å². The third-order valence-electron chi connectivity index (χ3n) is 4.82. The number of benzene rings is 2. The lowest BCUT2D eigenvalue weighted by Gasteiger charge is -2.12. The van der Waals surface area contributed by atoms with Crippen LogP contribution in [-0.2, 0) is 9.59 Å². The molecule has 0 aliphatic heterocycles. The van der Waals surface area contributed by atoms with E-state index >= 15 is 0 Å². The lowest BCUT2D eigenvalue weighted by Crippen LogP contribution is -2.32. The molecule has 0 aliphatic rings. The van der Waals surface area contributed by atoms with Crippen LogP contribution >= 0.6 is 23.2 Å². The van der Waals surface area contributed by atoms with E-state index in [1.54, 1.807) is 18.2 Å². The van der Waals surface area contributed by atoms with Crippen molar-refractivity contribution in [1.29, 1.82) is 0 Å². The van der Waals surface area contributed by atoms with Gasteiger partial charge in [-0.15, -0.1) is 0 Å². The Bertz CT molecular complexity index is 1220. The molecule has 7 nitrogen and oxygen atoms in total. The molecule has 0 aliphatic carbocycles. The summed E-state index contributed by atoms with van der Waals surface area (Å²) >= 11 is 12.5. The quantitative estimate of drug-likeness (QED) is 0.317. The number of aromatic nitrogens is 1. The van der Waals surface area contributed by atoms with Crippen molar-refractivity contribution >= 4 is 46.9 Å². The number of hydrazone groups is 1. The minimum Gasteiger partial charge on any atom is -0.495 e. The van der Waals surface area contributed by atoms with Gasteiger partial charge in [-0.3, -0.25) is 9.59 Å². The highest BCUT2D eigenvalue weighted by Gasteiger charge is 2.16. The number of methoxy groups -OCH3 is 1. The molecule has 0 radical (unpaired) electrons. The van der Waals surface area contributed by atoms with Crippen molar-refractivity contribution in [3.05, 3.63) is 75.0 Å². The van der Waals surface area contributed by atoms with Crippen LogP contribution in [0, 0.1) is 20.8 Å². The van der Waals surface area contributed by atoms with E-state index in [4.69, 9.17) is 27.9 Å². The van der Waals surface area contributed by atoms with Gasteiger partial charge in [0.2, 0.25) is 0 Å². The second-order valence-corrected chi connectivity index (χ2v) is 7.88. The molecule has 0 spiro atoms. The number of hydrogen-bond donors (Lipinski definition) is 2. The normalized spacial score (nSPS) is 10.9. The van der Waals surface area contributed by atoms with Crippen LogP contribution in [0.1, 0.15) is 22.5 Å². The molecule has 0 bridgehead atoms. The Morgan fingerprint density at radius 1 is 1.06 bits per heavy atom. The van der Waals surface area contributed by atoms with Gasteiger partial charge in [0.25, 0.3) is 0 Å². The Balaban J connectivity index is 1.73. The Morgan fingerprint density at radius 2 is 1.81 bits per heavy atom. The number of halogens is 2. The molecule has 32 heavy (non-hydrogen) atoms. The van der Waals surface area contributed by atoms with Gasteiger partial charge in [0.05, 0.1) is 34.7 Å². The number of carbonyl (C=O) groups excluding carboxylic acids is 2. The average Bonchev–Trinajstić information content (AvgIpc) is 3.03. The molecule has 166 valence electrons. The van der Waals surface area contributed by atoms with Crippen molar-refractivity contribution in [3.63, 3.8) is 0 Å². The molecule has 1 heterocycles. The van der Waals surface area contributed by atoms with Crippen LogP contribution < -0.4 is 15.5 Å². The lowest BCUT2D eigenvalue weighted by atomic mass is 10.2. The number of rotatable bonds is 5. The van der Waals surface area contributed by atoms with Crippen LogP contribution in [-0.4, -0.2) is 29.7 Å². The number of nitrogens with zero attached hydrogens (tertiary/aromatic N) is 2.